The van der Waals surface area contributed by atoms with Crippen molar-refractivity contribution >= 4 is 31.5 Å². The predicted molar refractivity (Wildman–Crippen MR) is 318 cm³/mol. The van der Waals surface area contributed by atoms with Crippen LogP contribution in [0.25, 0.3) is 132 Å². The Balaban J connectivity index is 0.00000724. The van der Waals surface area contributed by atoms with Crippen LogP contribution in [0.1, 0.15) is 29.0 Å². The Morgan fingerprint density at radius 2 is 0.766 bits per heavy atom. The van der Waals surface area contributed by atoms with E-state index < -0.39 is 20.6 Å². The molecule has 0 fully saturated rings. The number of hydrogen-bond acceptors (Lipinski definition) is 4. The van der Waals surface area contributed by atoms with E-state index in [0.29, 0.717) is 22.6 Å². The summed E-state index contributed by atoms with van der Waals surface area (Å²) in [6, 6.07) is 82.9. The number of thiophene rings is 1. The van der Waals surface area contributed by atoms with Gasteiger partial charge in [0.25, 0.3) is 0 Å². The van der Waals surface area contributed by atoms with Gasteiger partial charge in [-0.25, -0.2) is 0 Å². The molecule has 5 heteroatoms. The third kappa shape index (κ3) is 9.78. The topological polar surface area (TPSA) is 38.7 Å². The van der Waals surface area contributed by atoms with Crippen LogP contribution in [-0.2, 0) is 20.1 Å². The van der Waals surface area contributed by atoms with E-state index in [1.165, 1.54) is 28.7 Å². The van der Waals surface area contributed by atoms with Crippen LogP contribution in [0.4, 0.5) is 0 Å². The van der Waals surface area contributed by atoms with E-state index in [9.17, 15) is 0 Å². The summed E-state index contributed by atoms with van der Waals surface area (Å²) < 4.78 is 74.5. The van der Waals surface area contributed by atoms with Crippen molar-refractivity contribution in [1.29, 1.82) is 0 Å². The molecule has 0 aliphatic heterocycles. The van der Waals surface area contributed by atoms with Crippen LogP contribution < -0.4 is 0 Å². The number of fused-ring (bicyclic) bond motifs is 3. The maximum Gasteiger partial charge on any atom is 3.00 e. The largest absolute Gasteiger partial charge is 3.00 e. The second-order valence-electron chi connectivity index (χ2n) is 18.7. The number of pyridine rings is 3. The zero-order valence-corrected chi connectivity index (χ0v) is 44.3. The normalized spacial score (nSPS) is 13.4. The summed E-state index contributed by atoms with van der Waals surface area (Å²) in [6.07, 6.45) is 4.28. The van der Waals surface area contributed by atoms with Gasteiger partial charge in [0.2, 0.25) is 0 Å². The summed E-state index contributed by atoms with van der Waals surface area (Å²) in [7, 11) is 0. The van der Waals surface area contributed by atoms with E-state index in [1.807, 2.05) is 109 Å². The van der Waals surface area contributed by atoms with E-state index in [2.05, 4.69) is 113 Å². The molecular formula is C72H48IrN3S. The van der Waals surface area contributed by atoms with Gasteiger partial charge in [-0.05, 0) is 129 Å². The van der Waals surface area contributed by atoms with E-state index in [4.69, 9.17) is 17.3 Å². The van der Waals surface area contributed by atoms with Crippen molar-refractivity contribution in [3.63, 3.8) is 0 Å². The minimum atomic E-state index is -2.39. The van der Waals surface area contributed by atoms with Crippen molar-refractivity contribution in [2.24, 2.45) is 0 Å². The molecular weight excluding hydrogens is 1130 g/mol. The number of hydrogen-bond donors (Lipinski definition) is 0. The number of nitrogens with zero attached hydrogens (tertiary/aromatic N) is 3. The van der Waals surface area contributed by atoms with Crippen molar-refractivity contribution in [1.82, 2.24) is 15.0 Å². The maximum atomic E-state index is 8.49. The second kappa shape index (κ2) is 21.1. The van der Waals surface area contributed by atoms with Crippen LogP contribution >= 0.6 is 11.3 Å². The van der Waals surface area contributed by atoms with Crippen molar-refractivity contribution in [3.8, 4) is 112 Å². The Kier molecular flexibility index (Phi) is 10.9. The first-order valence-corrected chi connectivity index (χ1v) is 25.7. The molecule has 0 saturated heterocycles. The molecule has 0 radical (unpaired) electrons. The molecule has 13 aromatic rings. The van der Waals surface area contributed by atoms with Gasteiger partial charge in [-0.2, -0.15) is 0 Å². The van der Waals surface area contributed by atoms with Gasteiger partial charge in [-0.1, -0.05) is 167 Å². The number of aryl methyl sites for hydroxylation is 3. The van der Waals surface area contributed by atoms with Gasteiger partial charge in [0.15, 0.2) is 0 Å². The minimum absolute atomic E-state index is 0. The predicted octanol–water partition coefficient (Wildman–Crippen LogP) is 19.2. The van der Waals surface area contributed by atoms with Crippen molar-refractivity contribution in [3.05, 3.63) is 272 Å². The fraction of sp³-hybridized carbons (Fsp3) is 0.0417. The Morgan fingerprint density at radius 1 is 0.338 bits per heavy atom. The summed E-state index contributed by atoms with van der Waals surface area (Å²) in [4.78, 5) is 13.7. The molecule has 4 heterocycles. The van der Waals surface area contributed by atoms with Crippen LogP contribution in [0, 0.1) is 38.8 Å². The van der Waals surface area contributed by atoms with E-state index in [1.54, 1.807) is 35.6 Å². The number of benzene rings is 9. The Bertz CT molecular complexity index is 4470. The molecule has 9 aromatic carbocycles. The van der Waals surface area contributed by atoms with Crippen LogP contribution in [0.5, 0.6) is 0 Å². The SMILES string of the molecule is [2H]C([2H])([2H])c1ccc(-c2[c-]cc(-c3ccccc3-c3cc(-c4ccccc4-c4c[c-]c(-c5ccc(C([2H])([2H])[2H])cn5)cc4)cc(-c4ccccc4-c4c[c-]c(-c5cc(-c6ccc7c(c6)sc6ccccc67)c(C([2H])([2H])[2H])cn5)cc4)c3)cc2)nc1.[Ir+3]. The van der Waals surface area contributed by atoms with Gasteiger partial charge in [-0.15, -0.1) is 101 Å². The van der Waals surface area contributed by atoms with E-state index in [-0.39, 0.29) is 36.8 Å². The monoisotopic (exact) mass is 1190 g/mol. The van der Waals surface area contributed by atoms with E-state index >= 15 is 0 Å². The van der Waals surface area contributed by atoms with Gasteiger partial charge in [0, 0.05) is 51.1 Å². The van der Waals surface area contributed by atoms with Gasteiger partial charge in [-0.3, -0.25) is 0 Å². The fourth-order valence-electron chi connectivity index (χ4n) is 10.2. The van der Waals surface area contributed by atoms with Crippen LogP contribution in [-0.4, -0.2) is 15.0 Å². The summed E-state index contributed by atoms with van der Waals surface area (Å²) in [5.74, 6) is 0. The molecule has 0 N–H and O–H groups in total. The quantitative estimate of drug-likeness (QED) is 0.128. The van der Waals surface area contributed by atoms with Crippen molar-refractivity contribution in [2.45, 2.75) is 20.6 Å². The summed E-state index contributed by atoms with van der Waals surface area (Å²) in [5, 5.41) is 2.31. The Hall–Kier alpha value is -8.70. The molecule has 366 valence electrons. The number of aromatic nitrogens is 3. The van der Waals surface area contributed by atoms with Crippen LogP contribution in [0.3, 0.4) is 0 Å². The standard InChI is InChI=1S/C72H48N3S.Ir/c1-46-20-36-68(73-43-46)52-28-22-49(23-29-52)59-12-4-7-15-62(59)56-38-57(63-16-8-5-13-60(63)50-24-30-53(31-25-50)69-37-21-47(2)44-74-69)40-58(39-56)64-17-9-6-14-61(64)51-26-32-54(33-27-51)70-42-67(48(3)45-75-70)55-34-35-66-65-18-10-11-19-71(65)76-72(66)41-55;/h4-28,30,32,34-45H,1-3H3;/q-3;+3/i1D3,2D3,3D3;. The molecule has 0 spiro atoms. The fourth-order valence-corrected chi connectivity index (χ4v) is 11.3. The average Bonchev–Trinajstić information content (AvgIpc) is 1.70. The first-order valence-electron chi connectivity index (χ1n) is 29.4. The first-order chi connectivity index (χ1) is 41.0. The average molecular weight is 1190 g/mol. The third-order valence-electron chi connectivity index (χ3n) is 14.0. The van der Waals surface area contributed by atoms with Gasteiger partial charge < -0.3 is 15.0 Å². The third-order valence-corrected chi connectivity index (χ3v) is 15.1. The molecule has 0 aliphatic rings. The van der Waals surface area contributed by atoms with Crippen LogP contribution in [0.15, 0.2) is 237 Å². The van der Waals surface area contributed by atoms with Gasteiger partial charge in [0.1, 0.15) is 0 Å². The minimum Gasteiger partial charge on any atom is -0.304 e. The molecule has 0 atom stereocenters. The Labute approximate surface area is 480 Å². The molecule has 77 heavy (non-hydrogen) atoms. The zero-order chi connectivity index (χ0) is 58.6. The van der Waals surface area contributed by atoms with Gasteiger partial charge >= 0.3 is 20.1 Å². The second-order valence-corrected chi connectivity index (χ2v) is 19.8. The molecule has 0 saturated carbocycles. The molecule has 13 rings (SSSR count). The molecule has 3 nitrogen and oxygen atoms in total. The van der Waals surface area contributed by atoms with Gasteiger partial charge in [0.05, 0.1) is 0 Å². The van der Waals surface area contributed by atoms with E-state index in [0.717, 1.165) is 99.1 Å². The summed E-state index contributed by atoms with van der Waals surface area (Å²) in [6.45, 7) is -6.89. The molecule has 0 unspecified atom stereocenters. The zero-order valence-electron chi connectivity index (χ0n) is 50.1. The summed E-state index contributed by atoms with van der Waals surface area (Å²) >= 11 is 1.69. The smallest absolute Gasteiger partial charge is 0.304 e. The maximum absolute atomic E-state index is 8.49. The first kappa shape index (κ1) is 39.7. The summed E-state index contributed by atoms with van der Waals surface area (Å²) in [5.41, 5.74) is 17.7. The Morgan fingerprint density at radius 3 is 1.21 bits per heavy atom. The number of rotatable bonds is 10. The molecule has 4 aromatic heterocycles. The molecule has 0 bridgehead atoms. The molecule has 0 amide bonds. The van der Waals surface area contributed by atoms with Crippen LogP contribution in [0.2, 0.25) is 0 Å². The molecule has 0 aliphatic carbocycles. The van der Waals surface area contributed by atoms with Crippen molar-refractivity contribution in [2.75, 3.05) is 0 Å². The van der Waals surface area contributed by atoms with Crippen molar-refractivity contribution < 1.29 is 32.4 Å².